The van der Waals surface area contributed by atoms with Crippen LogP contribution in [-0.2, 0) is 9.53 Å². The van der Waals surface area contributed by atoms with Crippen LogP contribution in [0.5, 0.6) is 0 Å². The summed E-state index contributed by atoms with van der Waals surface area (Å²) in [6.07, 6.45) is 4.52. The van der Waals surface area contributed by atoms with Gasteiger partial charge in [0.25, 0.3) is 5.91 Å². The van der Waals surface area contributed by atoms with E-state index in [1.807, 2.05) is 0 Å². The highest BCUT2D eigenvalue weighted by Crippen LogP contribution is 2.32. The van der Waals surface area contributed by atoms with E-state index in [1.165, 1.54) is 36.5 Å². The van der Waals surface area contributed by atoms with Gasteiger partial charge in [-0.3, -0.25) is 9.36 Å². The zero-order valence-electron chi connectivity index (χ0n) is 16.0. The van der Waals surface area contributed by atoms with Crippen molar-refractivity contribution in [1.82, 2.24) is 24.8 Å². The van der Waals surface area contributed by atoms with Gasteiger partial charge in [-0.2, -0.15) is 0 Å². The normalized spacial score (nSPS) is 24.7. The maximum absolute atomic E-state index is 12.4. The summed E-state index contributed by atoms with van der Waals surface area (Å²) in [6, 6.07) is 0. The minimum atomic E-state index is -1.36. The second kappa shape index (κ2) is 9.26. The molecule has 1 amide bonds. The van der Waals surface area contributed by atoms with Crippen LogP contribution < -0.4 is 11.1 Å². The number of nitrogens with two attached hydrogens (primary N) is 1. The number of nitrogens with one attached hydrogen (secondary N) is 1. The predicted octanol–water partition coefficient (Wildman–Crippen LogP) is 0.504. The number of fused-ring (bicyclic) bond motifs is 1. The highest BCUT2D eigenvalue weighted by Gasteiger charge is 2.47. The highest BCUT2D eigenvalue weighted by molar-refractivity contribution is 5.82. The lowest BCUT2D eigenvalue weighted by Gasteiger charge is -2.16. The van der Waals surface area contributed by atoms with Gasteiger partial charge < -0.3 is 26.0 Å². The Morgan fingerprint density at radius 1 is 1.18 bits per heavy atom. The summed E-state index contributed by atoms with van der Waals surface area (Å²) in [6.45, 7) is 2.68. The van der Waals surface area contributed by atoms with Crippen LogP contribution in [0.2, 0.25) is 0 Å². The minimum absolute atomic E-state index is 0.199. The van der Waals surface area contributed by atoms with Crippen LogP contribution >= 0.6 is 0 Å². The fraction of sp³-hybridized carbons (Fsp3) is 0.667. The fourth-order valence-electron chi connectivity index (χ4n) is 3.38. The molecule has 1 aliphatic heterocycles. The van der Waals surface area contributed by atoms with E-state index in [0.717, 1.165) is 19.3 Å². The first kappa shape index (κ1) is 20.4. The molecule has 2 aromatic heterocycles. The molecule has 0 bridgehead atoms. The van der Waals surface area contributed by atoms with E-state index >= 15 is 0 Å². The van der Waals surface area contributed by atoms with Crippen molar-refractivity contribution in [3.63, 3.8) is 0 Å². The van der Waals surface area contributed by atoms with Crippen LogP contribution in [0.15, 0.2) is 12.7 Å². The van der Waals surface area contributed by atoms with Gasteiger partial charge in [-0.05, 0) is 6.42 Å². The molecule has 0 aromatic carbocycles. The zero-order chi connectivity index (χ0) is 20.1. The van der Waals surface area contributed by atoms with Gasteiger partial charge in [0.1, 0.15) is 24.1 Å². The molecule has 1 saturated heterocycles. The van der Waals surface area contributed by atoms with Crippen molar-refractivity contribution in [2.45, 2.75) is 70.0 Å². The monoisotopic (exact) mass is 392 g/mol. The number of nitrogen functional groups attached to an aromatic ring is 1. The third-order valence-electron chi connectivity index (χ3n) is 4.99. The number of amides is 1. The number of rotatable bonds is 9. The van der Waals surface area contributed by atoms with E-state index in [2.05, 4.69) is 27.2 Å². The number of ether oxygens (including phenoxy) is 1. The summed E-state index contributed by atoms with van der Waals surface area (Å²) in [5.41, 5.74) is 6.49. The Bertz CT molecular complexity index is 797. The van der Waals surface area contributed by atoms with Crippen molar-refractivity contribution in [1.29, 1.82) is 0 Å². The average Bonchev–Trinajstić information content (AvgIpc) is 3.24. The van der Waals surface area contributed by atoms with E-state index in [0.29, 0.717) is 17.7 Å². The standard InChI is InChI=1S/C18H28N6O4/c1-2-3-4-5-6-7-8-20-17(27)14-12(25)13(26)18(28-14)24-10-23-11-15(19)21-9-22-16(11)24/h9-10,12-14,18,25-26H,2-8H2,1H3,(H,20,27)(H2,19,21,22)/t12-,13+,14-,18+/m0/s1. The maximum atomic E-state index is 12.4. The summed E-state index contributed by atoms with van der Waals surface area (Å²) < 4.78 is 7.11. The summed E-state index contributed by atoms with van der Waals surface area (Å²) in [4.78, 5) is 24.5. The van der Waals surface area contributed by atoms with Gasteiger partial charge in [0, 0.05) is 6.54 Å². The average molecular weight is 392 g/mol. The number of unbranched alkanes of at least 4 members (excludes halogenated alkanes) is 5. The van der Waals surface area contributed by atoms with E-state index in [1.54, 1.807) is 0 Å². The molecule has 3 heterocycles. The minimum Gasteiger partial charge on any atom is -0.387 e. The first-order valence-corrected chi connectivity index (χ1v) is 9.77. The number of aliphatic hydroxyl groups is 2. The Morgan fingerprint density at radius 3 is 2.71 bits per heavy atom. The molecule has 1 fully saturated rings. The molecule has 154 valence electrons. The molecule has 0 saturated carbocycles. The van der Waals surface area contributed by atoms with E-state index in [9.17, 15) is 15.0 Å². The van der Waals surface area contributed by atoms with Crippen molar-refractivity contribution in [3.8, 4) is 0 Å². The van der Waals surface area contributed by atoms with Crippen molar-refractivity contribution in [3.05, 3.63) is 12.7 Å². The first-order valence-electron chi connectivity index (χ1n) is 9.77. The lowest BCUT2D eigenvalue weighted by atomic mass is 10.1. The van der Waals surface area contributed by atoms with Crippen LogP contribution in [0.25, 0.3) is 11.2 Å². The second-order valence-electron chi connectivity index (χ2n) is 7.07. The molecule has 5 N–H and O–H groups in total. The van der Waals surface area contributed by atoms with E-state index in [-0.39, 0.29) is 5.82 Å². The quantitative estimate of drug-likeness (QED) is 0.451. The van der Waals surface area contributed by atoms with Gasteiger partial charge in [-0.15, -0.1) is 0 Å². The molecule has 0 spiro atoms. The van der Waals surface area contributed by atoms with Gasteiger partial charge in [0.05, 0.1) is 6.33 Å². The molecule has 1 aliphatic rings. The molecular formula is C18H28N6O4. The molecule has 10 heteroatoms. The Morgan fingerprint density at radius 2 is 1.93 bits per heavy atom. The molecular weight excluding hydrogens is 364 g/mol. The largest absolute Gasteiger partial charge is 0.387 e. The van der Waals surface area contributed by atoms with Crippen LogP contribution in [0.3, 0.4) is 0 Å². The van der Waals surface area contributed by atoms with Gasteiger partial charge >= 0.3 is 0 Å². The number of aliphatic hydroxyl groups excluding tert-OH is 2. The van der Waals surface area contributed by atoms with E-state index < -0.39 is 30.4 Å². The van der Waals surface area contributed by atoms with Crippen LogP contribution in [0.1, 0.15) is 51.7 Å². The lowest BCUT2D eigenvalue weighted by Crippen LogP contribution is -2.43. The molecule has 28 heavy (non-hydrogen) atoms. The zero-order valence-corrected chi connectivity index (χ0v) is 16.0. The van der Waals surface area contributed by atoms with Gasteiger partial charge in [-0.25, -0.2) is 15.0 Å². The van der Waals surface area contributed by atoms with Gasteiger partial charge in [-0.1, -0.05) is 39.0 Å². The number of imidazole rings is 1. The summed E-state index contributed by atoms with van der Waals surface area (Å²) in [5, 5.41) is 23.5. The molecule has 0 unspecified atom stereocenters. The van der Waals surface area contributed by atoms with Crippen molar-refractivity contribution < 1.29 is 19.7 Å². The summed E-state index contributed by atoms with van der Waals surface area (Å²) in [7, 11) is 0. The molecule has 10 nitrogen and oxygen atoms in total. The Balaban J connectivity index is 1.57. The first-order chi connectivity index (χ1) is 13.5. The van der Waals surface area contributed by atoms with Crippen LogP contribution in [0.4, 0.5) is 5.82 Å². The number of carbonyl (C=O) groups is 1. The summed E-state index contributed by atoms with van der Waals surface area (Å²) >= 11 is 0. The third-order valence-corrected chi connectivity index (χ3v) is 4.99. The number of aromatic nitrogens is 4. The number of anilines is 1. The second-order valence-corrected chi connectivity index (χ2v) is 7.07. The number of carbonyl (C=O) groups excluding carboxylic acids is 1. The van der Waals surface area contributed by atoms with Crippen LogP contribution in [0, 0.1) is 0 Å². The number of hydrogen-bond donors (Lipinski definition) is 4. The number of hydrogen-bond acceptors (Lipinski definition) is 8. The Labute approximate surface area is 163 Å². The molecule has 4 atom stereocenters. The van der Waals surface area contributed by atoms with Gasteiger partial charge in [0.2, 0.25) is 0 Å². The lowest BCUT2D eigenvalue weighted by molar-refractivity contribution is -0.137. The summed E-state index contributed by atoms with van der Waals surface area (Å²) in [5.74, 6) is -0.244. The third kappa shape index (κ3) is 4.23. The smallest absolute Gasteiger partial charge is 0.252 e. The topological polar surface area (TPSA) is 148 Å². The molecule has 2 aromatic rings. The fourth-order valence-corrected chi connectivity index (χ4v) is 3.38. The Kier molecular flexibility index (Phi) is 6.76. The molecule has 0 aliphatic carbocycles. The molecule has 3 rings (SSSR count). The SMILES string of the molecule is CCCCCCCCNC(=O)[C@H]1O[C@@H](n2cnc3c(N)ncnc32)[C@H](O)[C@@H]1O. The van der Waals surface area contributed by atoms with Crippen molar-refractivity contribution in [2.24, 2.45) is 0 Å². The van der Waals surface area contributed by atoms with Crippen LogP contribution in [-0.4, -0.2) is 60.5 Å². The van der Waals surface area contributed by atoms with Gasteiger partial charge in [0.15, 0.2) is 23.8 Å². The Hall–Kier alpha value is -2.30. The highest BCUT2D eigenvalue weighted by atomic mass is 16.6. The molecule has 0 radical (unpaired) electrons. The number of nitrogens with zero attached hydrogens (tertiary/aromatic N) is 4. The maximum Gasteiger partial charge on any atom is 0.252 e. The predicted molar refractivity (Wildman–Crippen MR) is 102 cm³/mol. The van der Waals surface area contributed by atoms with E-state index in [4.69, 9.17) is 10.5 Å². The van der Waals surface area contributed by atoms with Crippen molar-refractivity contribution in [2.75, 3.05) is 12.3 Å². The van der Waals surface area contributed by atoms with Crippen molar-refractivity contribution >= 4 is 22.9 Å².